The van der Waals surface area contributed by atoms with Crippen LogP contribution in [0.5, 0.6) is 0 Å². The minimum atomic E-state index is -0.304. The van der Waals surface area contributed by atoms with Crippen LogP contribution in [0.25, 0.3) is 11.0 Å². The van der Waals surface area contributed by atoms with Crippen LogP contribution in [-0.4, -0.2) is 28.1 Å². The Morgan fingerprint density at radius 1 is 0.974 bits per heavy atom. The number of nitrogens with zero attached hydrogens (tertiary/aromatic N) is 2. The summed E-state index contributed by atoms with van der Waals surface area (Å²) >= 11 is 0. The van der Waals surface area contributed by atoms with Crippen molar-refractivity contribution in [3.05, 3.63) is 136 Å². The van der Waals surface area contributed by atoms with E-state index in [4.69, 9.17) is 4.42 Å². The van der Waals surface area contributed by atoms with Crippen LogP contribution in [-0.2, 0) is 17.6 Å². The monoisotopic (exact) mass is 504 g/mol. The van der Waals surface area contributed by atoms with Gasteiger partial charge in [0, 0.05) is 29.9 Å². The Morgan fingerprint density at radius 3 is 2.55 bits per heavy atom. The van der Waals surface area contributed by atoms with Gasteiger partial charge in [-0.1, -0.05) is 42.0 Å². The SMILES string of the molecule is Cc1ccc2c(c1)CCN(C(=O)Cc1ccc3oc(C(=O)c4ccncc4)cc3c1)C2c1ccc(F)cc1. The highest BCUT2D eigenvalue weighted by Crippen LogP contribution is 2.36. The molecule has 1 amide bonds. The topological polar surface area (TPSA) is 63.4 Å². The fraction of sp³-hybridized carbons (Fsp3) is 0.156. The van der Waals surface area contributed by atoms with Crippen LogP contribution < -0.4 is 0 Å². The van der Waals surface area contributed by atoms with E-state index in [0.717, 1.165) is 28.5 Å². The maximum absolute atomic E-state index is 13.7. The van der Waals surface area contributed by atoms with E-state index in [1.165, 1.54) is 23.3 Å². The van der Waals surface area contributed by atoms with Gasteiger partial charge in [-0.2, -0.15) is 0 Å². The van der Waals surface area contributed by atoms with Crippen molar-refractivity contribution in [3.8, 4) is 0 Å². The van der Waals surface area contributed by atoms with Crippen LogP contribution in [0.15, 0.2) is 95.7 Å². The Hall–Kier alpha value is -4.58. The number of aryl methyl sites for hydroxylation is 1. The molecule has 38 heavy (non-hydrogen) atoms. The third-order valence-corrected chi connectivity index (χ3v) is 7.14. The first-order chi connectivity index (χ1) is 18.5. The van der Waals surface area contributed by atoms with E-state index < -0.39 is 0 Å². The highest BCUT2D eigenvalue weighted by atomic mass is 19.1. The average molecular weight is 505 g/mol. The summed E-state index contributed by atoms with van der Waals surface area (Å²) in [6.45, 7) is 2.64. The molecule has 5 aromatic rings. The minimum absolute atomic E-state index is 0.0125. The smallest absolute Gasteiger partial charge is 0.228 e. The van der Waals surface area contributed by atoms with E-state index >= 15 is 0 Å². The highest BCUT2D eigenvalue weighted by molar-refractivity contribution is 6.08. The van der Waals surface area contributed by atoms with E-state index in [0.29, 0.717) is 17.7 Å². The van der Waals surface area contributed by atoms with Crippen molar-refractivity contribution in [2.45, 2.75) is 25.8 Å². The Morgan fingerprint density at radius 2 is 1.76 bits per heavy atom. The molecule has 0 spiro atoms. The van der Waals surface area contributed by atoms with E-state index in [1.807, 2.05) is 17.0 Å². The number of carbonyl (C=O) groups is 2. The fourth-order valence-corrected chi connectivity index (χ4v) is 5.27. The van der Waals surface area contributed by atoms with Gasteiger partial charge in [0.2, 0.25) is 11.7 Å². The van der Waals surface area contributed by atoms with Crippen molar-refractivity contribution in [1.29, 1.82) is 0 Å². The molecule has 6 rings (SSSR count). The lowest BCUT2D eigenvalue weighted by Crippen LogP contribution is -2.41. The zero-order valence-corrected chi connectivity index (χ0v) is 20.9. The number of hydrogen-bond acceptors (Lipinski definition) is 4. The van der Waals surface area contributed by atoms with Gasteiger partial charge >= 0.3 is 0 Å². The first-order valence-electron chi connectivity index (χ1n) is 12.6. The zero-order chi connectivity index (χ0) is 26.2. The molecule has 3 aromatic carbocycles. The molecule has 188 valence electrons. The number of halogens is 1. The molecule has 5 nitrogen and oxygen atoms in total. The lowest BCUT2D eigenvalue weighted by molar-refractivity contribution is -0.132. The summed E-state index contributed by atoms with van der Waals surface area (Å²) in [6, 6.07) is 23.0. The number of fused-ring (bicyclic) bond motifs is 2. The molecule has 1 unspecified atom stereocenters. The molecule has 0 fully saturated rings. The van der Waals surface area contributed by atoms with E-state index in [9.17, 15) is 14.0 Å². The van der Waals surface area contributed by atoms with Crippen molar-refractivity contribution in [1.82, 2.24) is 9.88 Å². The maximum atomic E-state index is 13.7. The minimum Gasteiger partial charge on any atom is -0.453 e. The van der Waals surface area contributed by atoms with Gasteiger partial charge in [0.1, 0.15) is 11.4 Å². The molecule has 0 radical (unpaired) electrons. The van der Waals surface area contributed by atoms with Gasteiger partial charge in [-0.3, -0.25) is 14.6 Å². The molecule has 0 bridgehead atoms. The van der Waals surface area contributed by atoms with E-state index in [1.54, 1.807) is 48.8 Å². The second-order valence-electron chi connectivity index (χ2n) is 9.72. The Kier molecular flexibility index (Phi) is 6.08. The van der Waals surface area contributed by atoms with Crippen molar-refractivity contribution in [2.75, 3.05) is 6.54 Å². The van der Waals surface area contributed by atoms with Gasteiger partial charge in [-0.25, -0.2) is 4.39 Å². The number of ketones is 1. The summed E-state index contributed by atoms with van der Waals surface area (Å²) < 4.78 is 19.5. The van der Waals surface area contributed by atoms with Crippen molar-refractivity contribution in [3.63, 3.8) is 0 Å². The fourth-order valence-electron chi connectivity index (χ4n) is 5.27. The summed E-state index contributed by atoms with van der Waals surface area (Å²) in [5.74, 6) is -0.289. The molecule has 2 aromatic heterocycles. The lowest BCUT2D eigenvalue weighted by Gasteiger charge is -2.38. The average Bonchev–Trinajstić information content (AvgIpc) is 3.36. The molecule has 1 atom stereocenters. The number of amides is 1. The first kappa shape index (κ1) is 23.8. The molecule has 0 saturated heterocycles. The van der Waals surface area contributed by atoms with Gasteiger partial charge in [0.05, 0.1) is 12.5 Å². The van der Waals surface area contributed by atoms with Gasteiger partial charge < -0.3 is 9.32 Å². The van der Waals surface area contributed by atoms with Gasteiger partial charge in [0.25, 0.3) is 0 Å². The molecule has 6 heteroatoms. The Bertz CT molecular complexity index is 1660. The number of hydrogen-bond donors (Lipinski definition) is 0. The number of carbonyl (C=O) groups excluding carboxylic acids is 2. The number of benzene rings is 3. The van der Waals surface area contributed by atoms with Crippen LogP contribution in [0.2, 0.25) is 0 Å². The Labute approximate surface area is 219 Å². The normalized spacial score (nSPS) is 14.9. The highest BCUT2D eigenvalue weighted by Gasteiger charge is 2.32. The maximum Gasteiger partial charge on any atom is 0.228 e. The third-order valence-electron chi connectivity index (χ3n) is 7.14. The molecule has 1 aliphatic rings. The van der Waals surface area contributed by atoms with E-state index in [2.05, 4.69) is 30.1 Å². The van der Waals surface area contributed by atoms with Crippen molar-refractivity contribution in [2.24, 2.45) is 0 Å². The predicted molar refractivity (Wildman–Crippen MR) is 142 cm³/mol. The van der Waals surface area contributed by atoms with Crippen LogP contribution in [0.1, 0.15) is 50.0 Å². The standard InChI is InChI=1S/C32H25FN2O3/c1-20-2-8-27-24(16-20)12-15-35(31(27)22-4-6-26(33)7-5-22)30(36)18-21-3-9-28-25(17-21)19-29(38-28)32(37)23-10-13-34-14-11-23/h2-11,13-14,16-17,19,31H,12,15,18H2,1H3. The summed E-state index contributed by atoms with van der Waals surface area (Å²) in [5.41, 5.74) is 6.28. The summed E-state index contributed by atoms with van der Waals surface area (Å²) in [5, 5.41) is 0.766. The Balaban J connectivity index is 1.28. The van der Waals surface area contributed by atoms with Crippen LogP contribution >= 0.6 is 0 Å². The van der Waals surface area contributed by atoms with Crippen molar-refractivity contribution < 1.29 is 18.4 Å². The molecular formula is C32H25FN2O3. The third kappa shape index (κ3) is 4.50. The molecule has 0 aliphatic carbocycles. The largest absolute Gasteiger partial charge is 0.453 e. The number of rotatable bonds is 5. The summed E-state index contributed by atoms with van der Waals surface area (Å²) in [4.78, 5) is 32.3. The van der Waals surface area contributed by atoms with Crippen LogP contribution in [0.4, 0.5) is 4.39 Å². The second kappa shape index (κ2) is 9.71. The quantitative estimate of drug-likeness (QED) is 0.267. The summed E-state index contributed by atoms with van der Waals surface area (Å²) in [6.07, 6.45) is 4.10. The van der Waals surface area contributed by atoms with Crippen LogP contribution in [0, 0.1) is 12.7 Å². The van der Waals surface area contributed by atoms with Gasteiger partial charge in [-0.05, 0) is 78.1 Å². The molecule has 0 N–H and O–H groups in total. The first-order valence-corrected chi connectivity index (χ1v) is 12.6. The number of furan rings is 1. The molecular weight excluding hydrogens is 479 g/mol. The number of aromatic nitrogens is 1. The summed E-state index contributed by atoms with van der Waals surface area (Å²) in [7, 11) is 0. The van der Waals surface area contributed by atoms with Crippen molar-refractivity contribution >= 4 is 22.7 Å². The predicted octanol–water partition coefficient (Wildman–Crippen LogP) is 6.22. The zero-order valence-electron chi connectivity index (χ0n) is 20.9. The second-order valence-corrected chi connectivity index (χ2v) is 9.72. The lowest BCUT2D eigenvalue weighted by atomic mass is 9.87. The molecule has 3 heterocycles. The molecule has 1 aliphatic heterocycles. The van der Waals surface area contributed by atoms with Gasteiger partial charge in [-0.15, -0.1) is 0 Å². The van der Waals surface area contributed by atoms with Crippen LogP contribution in [0.3, 0.4) is 0 Å². The number of pyridine rings is 1. The van der Waals surface area contributed by atoms with Gasteiger partial charge in [0.15, 0.2) is 5.76 Å². The van der Waals surface area contributed by atoms with E-state index in [-0.39, 0.29) is 35.7 Å². The molecule has 0 saturated carbocycles.